The number of nitrogens with one attached hydrogen (secondary N) is 1. The Hall–Kier alpha value is -1.62. The number of aryl methyl sites for hydroxylation is 1. The van der Waals surface area contributed by atoms with E-state index in [1.54, 1.807) is 24.1 Å². The van der Waals surface area contributed by atoms with Crippen molar-refractivity contribution in [3.8, 4) is 0 Å². The van der Waals surface area contributed by atoms with Gasteiger partial charge in [0.15, 0.2) is 0 Å². The number of carbonyl (C=O) groups excluding carboxylic acids is 1. The van der Waals surface area contributed by atoms with Gasteiger partial charge in [0.1, 0.15) is 11.8 Å². The molecule has 1 amide bonds. The molecule has 1 aliphatic rings. The van der Waals surface area contributed by atoms with Crippen LogP contribution in [0.5, 0.6) is 0 Å². The van der Waals surface area contributed by atoms with E-state index in [1.807, 2.05) is 0 Å². The van der Waals surface area contributed by atoms with Crippen molar-refractivity contribution < 1.29 is 9.18 Å². The number of fused-ring (bicyclic) bond motifs is 1. The molecule has 3 heterocycles. The molecule has 0 atom stereocenters. The number of aromatic amines is 1. The first kappa shape index (κ1) is 13.4. The average Bonchev–Trinajstić information content (AvgIpc) is 2.79. The minimum Gasteiger partial charge on any atom is -0.345 e. The summed E-state index contributed by atoms with van der Waals surface area (Å²) in [7, 11) is 0. The zero-order chi connectivity index (χ0) is 14.3. The van der Waals surface area contributed by atoms with Gasteiger partial charge in [0.2, 0.25) is 0 Å². The molecule has 4 nitrogen and oxygen atoms in total. The van der Waals surface area contributed by atoms with Gasteiger partial charge in [-0.2, -0.15) is 0 Å². The Morgan fingerprint density at radius 1 is 1.50 bits per heavy atom. The van der Waals surface area contributed by atoms with Crippen LogP contribution in [-0.4, -0.2) is 40.0 Å². The fraction of sp³-hybridized carbons (Fsp3) is 0.429. The van der Waals surface area contributed by atoms with E-state index < -0.39 is 6.17 Å². The van der Waals surface area contributed by atoms with Crippen molar-refractivity contribution in [1.82, 2.24) is 14.9 Å². The van der Waals surface area contributed by atoms with Crippen LogP contribution in [0.25, 0.3) is 11.0 Å². The highest BCUT2D eigenvalue weighted by Gasteiger charge is 2.25. The van der Waals surface area contributed by atoms with Crippen molar-refractivity contribution in [2.45, 2.75) is 25.9 Å². The SMILES string of the molecule is Cc1nc2[nH]cc(Cl)c2cc1C(=O)N1CCC(F)CC1. The lowest BCUT2D eigenvalue weighted by molar-refractivity contribution is 0.0666. The van der Waals surface area contributed by atoms with Crippen molar-refractivity contribution in [2.75, 3.05) is 13.1 Å². The van der Waals surface area contributed by atoms with Gasteiger partial charge in [0.25, 0.3) is 5.91 Å². The summed E-state index contributed by atoms with van der Waals surface area (Å²) in [6.45, 7) is 2.71. The lowest BCUT2D eigenvalue weighted by atomic mass is 10.1. The van der Waals surface area contributed by atoms with E-state index in [9.17, 15) is 9.18 Å². The molecule has 0 aliphatic carbocycles. The second kappa shape index (κ2) is 5.05. The van der Waals surface area contributed by atoms with Crippen LogP contribution in [0, 0.1) is 6.92 Å². The van der Waals surface area contributed by atoms with Crippen molar-refractivity contribution >= 4 is 28.5 Å². The summed E-state index contributed by atoms with van der Waals surface area (Å²) >= 11 is 6.06. The summed E-state index contributed by atoms with van der Waals surface area (Å²) in [5.74, 6) is -0.0962. The topological polar surface area (TPSA) is 49.0 Å². The monoisotopic (exact) mass is 295 g/mol. The lowest BCUT2D eigenvalue weighted by Crippen LogP contribution is -2.39. The zero-order valence-corrected chi connectivity index (χ0v) is 11.9. The molecule has 1 fully saturated rings. The second-order valence-corrected chi connectivity index (χ2v) is 5.53. The summed E-state index contributed by atoms with van der Waals surface area (Å²) in [6, 6.07) is 1.76. The first-order valence-corrected chi connectivity index (χ1v) is 7.01. The number of hydrogen-bond acceptors (Lipinski definition) is 2. The Bertz CT molecular complexity index is 662. The zero-order valence-electron chi connectivity index (χ0n) is 11.1. The van der Waals surface area contributed by atoms with Gasteiger partial charge in [0.05, 0.1) is 16.3 Å². The predicted octanol–water partition coefficient (Wildman–Crippen LogP) is 3.10. The van der Waals surface area contributed by atoms with Gasteiger partial charge < -0.3 is 9.88 Å². The van der Waals surface area contributed by atoms with E-state index in [0.29, 0.717) is 47.9 Å². The Labute approximate surface area is 120 Å². The number of likely N-dealkylation sites (tertiary alicyclic amines) is 1. The number of nitrogens with zero attached hydrogens (tertiary/aromatic N) is 2. The molecule has 0 radical (unpaired) electrons. The van der Waals surface area contributed by atoms with Crippen LogP contribution in [0.2, 0.25) is 5.02 Å². The van der Waals surface area contributed by atoms with E-state index in [-0.39, 0.29) is 5.91 Å². The maximum atomic E-state index is 13.1. The number of alkyl halides is 1. The Morgan fingerprint density at radius 2 is 2.20 bits per heavy atom. The van der Waals surface area contributed by atoms with E-state index in [1.165, 1.54) is 0 Å². The van der Waals surface area contributed by atoms with Gasteiger partial charge in [-0.05, 0) is 25.8 Å². The number of aromatic nitrogens is 2. The molecule has 20 heavy (non-hydrogen) atoms. The van der Waals surface area contributed by atoms with Crippen LogP contribution in [0.4, 0.5) is 4.39 Å². The summed E-state index contributed by atoms with van der Waals surface area (Å²) in [4.78, 5) is 21.5. The molecule has 2 aromatic rings. The molecule has 3 rings (SSSR count). The molecular weight excluding hydrogens is 281 g/mol. The molecular formula is C14H15ClFN3O. The molecule has 6 heteroatoms. The molecule has 0 spiro atoms. The quantitative estimate of drug-likeness (QED) is 0.879. The molecule has 1 saturated heterocycles. The number of amides is 1. The van der Waals surface area contributed by atoms with E-state index in [2.05, 4.69) is 9.97 Å². The maximum Gasteiger partial charge on any atom is 0.255 e. The highest BCUT2D eigenvalue weighted by Crippen LogP contribution is 2.25. The Kier molecular flexibility index (Phi) is 3.38. The second-order valence-electron chi connectivity index (χ2n) is 5.12. The summed E-state index contributed by atoms with van der Waals surface area (Å²) in [6.07, 6.45) is 1.68. The van der Waals surface area contributed by atoms with Crippen molar-refractivity contribution in [1.29, 1.82) is 0 Å². The minimum absolute atomic E-state index is 0.0962. The smallest absolute Gasteiger partial charge is 0.255 e. The predicted molar refractivity (Wildman–Crippen MR) is 75.9 cm³/mol. The van der Waals surface area contributed by atoms with E-state index in [4.69, 9.17) is 11.6 Å². The maximum absolute atomic E-state index is 13.1. The highest BCUT2D eigenvalue weighted by atomic mass is 35.5. The standard InChI is InChI=1S/C14H15ClFN3O/c1-8-10(6-11-12(15)7-17-13(11)18-8)14(20)19-4-2-9(16)3-5-19/h6-7,9H,2-5H2,1H3,(H,17,18). The third kappa shape index (κ3) is 2.26. The van der Waals surface area contributed by atoms with Crippen LogP contribution < -0.4 is 0 Å². The molecule has 106 valence electrons. The number of piperidine rings is 1. The third-order valence-corrected chi connectivity index (χ3v) is 4.06. The van der Waals surface area contributed by atoms with E-state index in [0.717, 1.165) is 5.39 Å². The van der Waals surface area contributed by atoms with Crippen LogP contribution in [0.3, 0.4) is 0 Å². The van der Waals surface area contributed by atoms with Crippen molar-refractivity contribution in [3.63, 3.8) is 0 Å². The summed E-state index contributed by atoms with van der Waals surface area (Å²) in [5.41, 5.74) is 1.87. The molecule has 1 N–H and O–H groups in total. The van der Waals surface area contributed by atoms with Gasteiger partial charge >= 0.3 is 0 Å². The molecule has 0 unspecified atom stereocenters. The molecule has 0 saturated carbocycles. The van der Waals surface area contributed by atoms with Gasteiger partial charge in [-0.3, -0.25) is 4.79 Å². The van der Waals surface area contributed by atoms with Gasteiger partial charge in [-0.1, -0.05) is 11.6 Å². The summed E-state index contributed by atoms with van der Waals surface area (Å²) in [5, 5.41) is 1.28. The first-order chi connectivity index (χ1) is 9.56. The highest BCUT2D eigenvalue weighted by molar-refractivity contribution is 6.35. The lowest BCUT2D eigenvalue weighted by Gasteiger charge is -2.29. The number of pyridine rings is 1. The van der Waals surface area contributed by atoms with Gasteiger partial charge in [0, 0.05) is 24.7 Å². The first-order valence-electron chi connectivity index (χ1n) is 6.64. The number of hydrogen-bond donors (Lipinski definition) is 1. The van der Waals surface area contributed by atoms with Gasteiger partial charge in [-0.15, -0.1) is 0 Å². The fourth-order valence-electron chi connectivity index (χ4n) is 2.54. The Morgan fingerprint density at radius 3 is 2.90 bits per heavy atom. The van der Waals surface area contributed by atoms with Crippen LogP contribution in [0.1, 0.15) is 28.9 Å². The minimum atomic E-state index is -0.792. The van der Waals surface area contributed by atoms with Gasteiger partial charge in [-0.25, -0.2) is 9.37 Å². The van der Waals surface area contributed by atoms with Crippen molar-refractivity contribution in [2.24, 2.45) is 0 Å². The molecule has 2 aromatic heterocycles. The largest absolute Gasteiger partial charge is 0.345 e. The fourth-order valence-corrected chi connectivity index (χ4v) is 2.74. The van der Waals surface area contributed by atoms with E-state index >= 15 is 0 Å². The van der Waals surface area contributed by atoms with Crippen LogP contribution in [-0.2, 0) is 0 Å². The number of H-pyrrole nitrogens is 1. The van der Waals surface area contributed by atoms with Crippen molar-refractivity contribution in [3.05, 3.63) is 28.5 Å². The molecule has 1 aliphatic heterocycles. The average molecular weight is 296 g/mol. The number of carbonyl (C=O) groups is 1. The molecule has 0 aromatic carbocycles. The van der Waals surface area contributed by atoms with Crippen LogP contribution in [0.15, 0.2) is 12.3 Å². The number of rotatable bonds is 1. The summed E-state index contributed by atoms with van der Waals surface area (Å²) < 4.78 is 13.1. The van der Waals surface area contributed by atoms with Crippen LogP contribution >= 0.6 is 11.6 Å². The number of halogens is 2. The normalized spacial score (nSPS) is 16.9. The molecule has 0 bridgehead atoms. The Balaban J connectivity index is 1.94. The third-order valence-electron chi connectivity index (χ3n) is 3.75.